The van der Waals surface area contributed by atoms with E-state index in [2.05, 4.69) is 10.3 Å². The molecule has 2 heterocycles. The Labute approximate surface area is 133 Å². The number of benzene rings is 1. The largest absolute Gasteiger partial charge is 0.387 e. The molecule has 1 saturated heterocycles. The van der Waals surface area contributed by atoms with Gasteiger partial charge in [-0.1, -0.05) is 17.3 Å². The van der Waals surface area contributed by atoms with E-state index in [0.717, 1.165) is 18.4 Å². The Kier molecular flexibility index (Phi) is 4.38. The van der Waals surface area contributed by atoms with Gasteiger partial charge in [-0.2, -0.15) is 0 Å². The van der Waals surface area contributed by atoms with Crippen LogP contribution >= 0.6 is 0 Å². The summed E-state index contributed by atoms with van der Waals surface area (Å²) in [6, 6.07) is 6.30. The van der Waals surface area contributed by atoms with Crippen LogP contribution in [-0.2, 0) is 11.3 Å². The first kappa shape index (κ1) is 15.6. The second-order valence-corrected chi connectivity index (χ2v) is 5.82. The third-order valence-corrected chi connectivity index (χ3v) is 4.09. The van der Waals surface area contributed by atoms with Gasteiger partial charge in [0, 0.05) is 6.54 Å². The molecular formula is C16H19FN4O2. The summed E-state index contributed by atoms with van der Waals surface area (Å²) in [4.78, 5) is 14.3. The van der Waals surface area contributed by atoms with Crippen molar-refractivity contribution < 1.29 is 14.3 Å². The lowest BCUT2D eigenvalue weighted by atomic mass is 10.0. The Bertz CT molecular complexity index is 701. The fourth-order valence-electron chi connectivity index (χ4n) is 2.94. The van der Waals surface area contributed by atoms with Crippen LogP contribution in [0.2, 0.25) is 0 Å². The van der Waals surface area contributed by atoms with Gasteiger partial charge in [0.1, 0.15) is 18.1 Å². The van der Waals surface area contributed by atoms with Crippen molar-refractivity contribution in [3.8, 4) is 0 Å². The highest BCUT2D eigenvalue weighted by molar-refractivity contribution is 5.76. The summed E-state index contributed by atoms with van der Waals surface area (Å²) < 4.78 is 14.8. The fourth-order valence-corrected chi connectivity index (χ4v) is 2.94. The van der Waals surface area contributed by atoms with E-state index in [1.54, 1.807) is 24.1 Å². The SMILES string of the molecule is CC(O)c1cn(CC(=O)N2CCCC2c2cccc(F)c2)nn1. The lowest BCUT2D eigenvalue weighted by Crippen LogP contribution is -2.33. The number of aliphatic hydroxyl groups excluding tert-OH is 1. The van der Waals surface area contributed by atoms with Gasteiger partial charge in [-0.05, 0) is 37.5 Å². The van der Waals surface area contributed by atoms with E-state index in [1.165, 1.54) is 16.8 Å². The summed E-state index contributed by atoms with van der Waals surface area (Å²) in [6.45, 7) is 2.31. The Hall–Kier alpha value is -2.28. The zero-order valence-electron chi connectivity index (χ0n) is 12.9. The van der Waals surface area contributed by atoms with Crippen LogP contribution in [0.1, 0.15) is 43.2 Å². The summed E-state index contributed by atoms with van der Waals surface area (Å²) in [7, 11) is 0. The number of nitrogens with zero attached hydrogens (tertiary/aromatic N) is 4. The lowest BCUT2D eigenvalue weighted by molar-refractivity contribution is -0.133. The van der Waals surface area contributed by atoms with Crippen LogP contribution in [0.25, 0.3) is 0 Å². The molecule has 1 aromatic heterocycles. The van der Waals surface area contributed by atoms with E-state index in [4.69, 9.17) is 0 Å². The van der Waals surface area contributed by atoms with Crippen molar-refractivity contribution in [1.29, 1.82) is 0 Å². The van der Waals surface area contributed by atoms with Crippen LogP contribution in [0.5, 0.6) is 0 Å². The molecule has 1 aliphatic heterocycles. The van der Waals surface area contributed by atoms with Crippen LogP contribution in [-0.4, -0.2) is 37.5 Å². The number of aliphatic hydroxyl groups is 1. The first-order chi connectivity index (χ1) is 11.0. The first-order valence-electron chi connectivity index (χ1n) is 7.67. The number of hydrogen-bond acceptors (Lipinski definition) is 4. The normalized spacial score (nSPS) is 19.1. The van der Waals surface area contributed by atoms with E-state index in [9.17, 15) is 14.3 Å². The molecule has 3 rings (SSSR count). The van der Waals surface area contributed by atoms with Crippen LogP contribution in [0.3, 0.4) is 0 Å². The van der Waals surface area contributed by atoms with E-state index < -0.39 is 6.10 Å². The summed E-state index contributed by atoms with van der Waals surface area (Å²) in [6.07, 6.45) is 2.57. The summed E-state index contributed by atoms with van der Waals surface area (Å²) in [5.74, 6) is -0.376. The van der Waals surface area contributed by atoms with Gasteiger partial charge in [0.25, 0.3) is 0 Å². The van der Waals surface area contributed by atoms with Crippen molar-refractivity contribution >= 4 is 5.91 Å². The van der Waals surface area contributed by atoms with Crippen LogP contribution in [0.4, 0.5) is 4.39 Å². The number of carbonyl (C=O) groups excluding carboxylic acids is 1. The van der Waals surface area contributed by atoms with Crippen molar-refractivity contribution in [1.82, 2.24) is 19.9 Å². The minimum absolute atomic E-state index is 0.0610. The summed E-state index contributed by atoms with van der Waals surface area (Å²) in [5.41, 5.74) is 1.25. The lowest BCUT2D eigenvalue weighted by Gasteiger charge is -2.25. The van der Waals surface area contributed by atoms with Gasteiger partial charge in [-0.3, -0.25) is 4.79 Å². The van der Waals surface area contributed by atoms with E-state index in [1.807, 2.05) is 6.07 Å². The van der Waals surface area contributed by atoms with Gasteiger partial charge in [0.2, 0.25) is 5.91 Å². The highest BCUT2D eigenvalue weighted by atomic mass is 19.1. The molecule has 2 atom stereocenters. The molecule has 6 nitrogen and oxygen atoms in total. The number of halogens is 1. The zero-order valence-corrected chi connectivity index (χ0v) is 12.9. The molecule has 122 valence electrons. The number of aromatic nitrogens is 3. The molecule has 0 saturated carbocycles. The van der Waals surface area contributed by atoms with Crippen molar-refractivity contribution in [3.63, 3.8) is 0 Å². The maximum Gasteiger partial charge on any atom is 0.244 e. The molecule has 1 fully saturated rings. The molecule has 2 aromatic rings. The third kappa shape index (κ3) is 3.39. The van der Waals surface area contributed by atoms with E-state index in [-0.39, 0.29) is 24.3 Å². The van der Waals surface area contributed by atoms with Gasteiger partial charge >= 0.3 is 0 Å². The van der Waals surface area contributed by atoms with Crippen molar-refractivity contribution in [3.05, 3.63) is 47.5 Å². The predicted octanol–water partition coefficient (Wildman–Crippen LogP) is 1.83. The second-order valence-electron chi connectivity index (χ2n) is 5.82. The molecule has 23 heavy (non-hydrogen) atoms. The molecule has 0 radical (unpaired) electrons. The summed E-state index contributed by atoms with van der Waals surface area (Å²) in [5, 5.41) is 17.1. The molecular weight excluding hydrogens is 299 g/mol. The molecule has 0 bridgehead atoms. The van der Waals surface area contributed by atoms with Gasteiger partial charge in [-0.15, -0.1) is 5.10 Å². The third-order valence-electron chi connectivity index (χ3n) is 4.09. The van der Waals surface area contributed by atoms with E-state index in [0.29, 0.717) is 12.2 Å². The minimum atomic E-state index is -0.717. The van der Waals surface area contributed by atoms with Gasteiger partial charge in [-0.25, -0.2) is 9.07 Å². The van der Waals surface area contributed by atoms with E-state index >= 15 is 0 Å². The standard InChI is InChI=1S/C16H19FN4O2/c1-11(22)14-9-20(19-18-14)10-16(23)21-7-3-6-15(21)12-4-2-5-13(17)8-12/h2,4-5,8-9,11,15,22H,3,6-7,10H2,1H3. The molecule has 1 aromatic carbocycles. The average Bonchev–Trinajstić information content (AvgIpc) is 3.16. The Morgan fingerprint density at radius 3 is 3.04 bits per heavy atom. The number of likely N-dealkylation sites (tertiary alicyclic amines) is 1. The highest BCUT2D eigenvalue weighted by Gasteiger charge is 2.30. The Morgan fingerprint density at radius 1 is 1.52 bits per heavy atom. The van der Waals surface area contributed by atoms with Crippen LogP contribution in [0.15, 0.2) is 30.5 Å². The summed E-state index contributed by atoms with van der Waals surface area (Å²) >= 11 is 0. The van der Waals surface area contributed by atoms with Crippen molar-refractivity contribution in [2.45, 2.75) is 38.5 Å². The average molecular weight is 318 g/mol. The maximum atomic E-state index is 13.4. The second kappa shape index (κ2) is 6.45. The van der Waals surface area contributed by atoms with Gasteiger partial charge in [0.05, 0.1) is 18.3 Å². The number of hydrogen-bond donors (Lipinski definition) is 1. The molecule has 1 aliphatic rings. The smallest absolute Gasteiger partial charge is 0.244 e. The molecule has 0 spiro atoms. The minimum Gasteiger partial charge on any atom is -0.387 e. The Morgan fingerprint density at radius 2 is 2.35 bits per heavy atom. The van der Waals surface area contributed by atoms with Crippen molar-refractivity contribution in [2.75, 3.05) is 6.54 Å². The monoisotopic (exact) mass is 318 g/mol. The van der Waals surface area contributed by atoms with Crippen LogP contribution < -0.4 is 0 Å². The molecule has 7 heteroatoms. The molecule has 1 amide bonds. The van der Waals surface area contributed by atoms with Gasteiger partial charge in [0.15, 0.2) is 0 Å². The predicted molar refractivity (Wildman–Crippen MR) is 80.7 cm³/mol. The fraction of sp³-hybridized carbons (Fsp3) is 0.438. The van der Waals surface area contributed by atoms with Crippen molar-refractivity contribution in [2.24, 2.45) is 0 Å². The number of carbonyl (C=O) groups is 1. The maximum absolute atomic E-state index is 13.4. The highest BCUT2D eigenvalue weighted by Crippen LogP contribution is 2.32. The molecule has 1 N–H and O–H groups in total. The molecule has 2 unspecified atom stereocenters. The van der Waals surface area contributed by atoms with Gasteiger partial charge < -0.3 is 10.0 Å². The number of rotatable bonds is 4. The van der Waals surface area contributed by atoms with Crippen LogP contribution in [0, 0.1) is 5.82 Å². The number of amides is 1. The Balaban J connectivity index is 1.72. The topological polar surface area (TPSA) is 71.2 Å². The zero-order chi connectivity index (χ0) is 16.4. The quantitative estimate of drug-likeness (QED) is 0.933. The first-order valence-corrected chi connectivity index (χ1v) is 7.67. The molecule has 0 aliphatic carbocycles.